The highest BCUT2D eigenvalue weighted by Gasteiger charge is 2.24. The first-order valence-electron chi connectivity index (χ1n) is 10.9. The normalized spacial score (nSPS) is 11.9. The number of para-hydroxylation sites is 1. The van der Waals surface area contributed by atoms with E-state index in [0.717, 1.165) is 12.1 Å². The van der Waals surface area contributed by atoms with E-state index in [1.807, 2.05) is 13.8 Å². The Morgan fingerprint density at radius 2 is 1.94 bits per heavy atom. The summed E-state index contributed by atoms with van der Waals surface area (Å²) in [6.45, 7) is 7.90. The fourth-order valence-electron chi connectivity index (χ4n) is 3.73. The van der Waals surface area contributed by atoms with Crippen LogP contribution in [0, 0.1) is 17.6 Å². The number of rotatable bonds is 8. The summed E-state index contributed by atoms with van der Waals surface area (Å²) in [5, 5.41) is 4.81. The van der Waals surface area contributed by atoms with Gasteiger partial charge in [0, 0.05) is 19.2 Å². The zero-order valence-corrected chi connectivity index (χ0v) is 19.5. The van der Waals surface area contributed by atoms with Gasteiger partial charge in [-0.3, -0.25) is 4.79 Å². The molecular formula is C24H22F3N7O2. The quantitative estimate of drug-likeness (QED) is 0.286. The van der Waals surface area contributed by atoms with Crippen molar-refractivity contribution in [1.29, 1.82) is 0 Å². The van der Waals surface area contributed by atoms with E-state index in [9.17, 15) is 13.6 Å². The smallest absolute Gasteiger partial charge is 0.246 e. The van der Waals surface area contributed by atoms with Crippen LogP contribution in [0.4, 0.5) is 19.0 Å². The molecule has 3 aromatic heterocycles. The van der Waals surface area contributed by atoms with Gasteiger partial charge in [-0.1, -0.05) is 12.6 Å². The number of ether oxygens (including phenoxy) is 1. The zero-order valence-electron chi connectivity index (χ0n) is 19.5. The summed E-state index contributed by atoms with van der Waals surface area (Å²) in [6, 6.07) is 5.38. The molecule has 4 aromatic rings. The first-order chi connectivity index (χ1) is 17.2. The number of anilines is 1. The fourth-order valence-corrected chi connectivity index (χ4v) is 3.73. The molecule has 2 N–H and O–H groups in total. The number of pyridine rings is 1. The molecule has 0 saturated carbocycles. The topological polar surface area (TPSA) is 112 Å². The predicted molar refractivity (Wildman–Crippen MR) is 127 cm³/mol. The SMILES string of the molecule is C=CC(=O)N(CC)C[C@@H](C)n1nc(-c2ccc(Oc3c(F)cccc3F)nc2F)c2c(N)ncnc21. The van der Waals surface area contributed by atoms with Crippen molar-refractivity contribution in [3.63, 3.8) is 0 Å². The molecule has 4 rings (SSSR count). The van der Waals surface area contributed by atoms with Gasteiger partial charge < -0.3 is 15.4 Å². The lowest BCUT2D eigenvalue weighted by Gasteiger charge is -2.23. The summed E-state index contributed by atoms with van der Waals surface area (Å²) >= 11 is 0. The monoisotopic (exact) mass is 497 g/mol. The molecule has 36 heavy (non-hydrogen) atoms. The van der Waals surface area contributed by atoms with E-state index in [4.69, 9.17) is 10.5 Å². The van der Waals surface area contributed by atoms with Crippen molar-refractivity contribution < 1.29 is 22.7 Å². The Kier molecular flexibility index (Phi) is 6.86. The average molecular weight is 497 g/mol. The average Bonchev–Trinajstić information content (AvgIpc) is 3.25. The van der Waals surface area contributed by atoms with Gasteiger partial charge >= 0.3 is 0 Å². The second-order valence-corrected chi connectivity index (χ2v) is 7.82. The molecule has 0 spiro atoms. The maximum atomic E-state index is 15.2. The zero-order chi connectivity index (χ0) is 26.0. The molecule has 1 atom stereocenters. The minimum atomic E-state index is -1.01. The van der Waals surface area contributed by atoms with Gasteiger partial charge in [0.2, 0.25) is 23.5 Å². The molecule has 1 amide bonds. The molecule has 0 unspecified atom stereocenters. The molecule has 0 aliphatic rings. The highest BCUT2D eigenvalue weighted by molar-refractivity contribution is 5.98. The maximum Gasteiger partial charge on any atom is 0.246 e. The number of halogens is 3. The molecule has 3 heterocycles. The third-order valence-electron chi connectivity index (χ3n) is 5.49. The molecule has 0 radical (unpaired) electrons. The summed E-state index contributed by atoms with van der Waals surface area (Å²) < 4.78 is 49.6. The number of nitrogen functional groups attached to an aromatic ring is 1. The predicted octanol–water partition coefficient (Wildman–Crippen LogP) is 4.28. The van der Waals surface area contributed by atoms with Crippen LogP contribution >= 0.6 is 0 Å². The number of carbonyl (C=O) groups is 1. The number of benzene rings is 1. The second kappa shape index (κ2) is 10.0. The van der Waals surface area contributed by atoms with Gasteiger partial charge in [0.15, 0.2) is 17.3 Å². The number of aromatic nitrogens is 5. The third-order valence-corrected chi connectivity index (χ3v) is 5.49. The van der Waals surface area contributed by atoms with Gasteiger partial charge in [-0.15, -0.1) is 0 Å². The number of hydrogen-bond donors (Lipinski definition) is 1. The van der Waals surface area contributed by atoms with E-state index in [2.05, 4.69) is 26.6 Å². The van der Waals surface area contributed by atoms with Crippen LogP contribution in [0.25, 0.3) is 22.3 Å². The van der Waals surface area contributed by atoms with Crippen molar-refractivity contribution in [3.05, 3.63) is 66.9 Å². The Morgan fingerprint density at radius 1 is 1.22 bits per heavy atom. The molecular weight excluding hydrogens is 475 g/mol. The van der Waals surface area contributed by atoms with Crippen LogP contribution in [0.2, 0.25) is 0 Å². The summed E-state index contributed by atoms with van der Waals surface area (Å²) in [7, 11) is 0. The molecule has 186 valence electrons. The van der Waals surface area contributed by atoms with E-state index in [1.165, 1.54) is 35.3 Å². The van der Waals surface area contributed by atoms with E-state index >= 15 is 4.39 Å². The lowest BCUT2D eigenvalue weighted by atomic mass is 10.1. The number of fused-ring (bicyclic) bond motifs is 1. The van der Waals surface area contributed by atoms with Crippen molar-refractivity contribution in [3.8, 4) is 22.9 Å². The maximum absolute atomic E-state index is 15.2. The Balaban J connectivity index is 1.74. The Morgan fingerprint density at radius 3 is 2.58 bits per heavy atom. The molecule has 0 aliphatic heterocycles. The number of amides is 1. The lowest BCUT2D eigenvalue weighted by Crippen LogP contribution is -2.34. The van der Waals surface area contributed by atoms with Crippen LogP contribution < -0.4 is 10.5 Å². The third kappa shape index (κ3) is 4.57. The van der Waals surface area contributed by atoms with Crippen molar-refractivity contribution in [2.24, 2.45) is 0 Å². The van der Waals surface area contributed by atoms with Gasteiger partial charge in [-0.05, 0) is 38.1 Å². The first-order valence-corrected chi connectivity index (χ1v) is 10.9. The Hall–Kier alpha value is -4.48. The second-order valence-electron chi connectivity index (χ2n) is 7.82. The number of likely N-dealkylation sites (N-methyl/N-ethyl adjacent to an activating group) is 1. The van der Waals surface area contributed by atoms with Crippen LogP contribution in [0.1, 0.15) is 19.9 Å². The van der Waals surface area contributed by atoms with Gasteiger partial charge in [0.05, 0.1) is 17.0 Å². The van der Waals surface area contributed by atoms with Crippen molar-refractivity contribution >= 4 is 22.8 Å². The number of nitrogens with zero attached hydrogens (tertiary/aromatic N) is 6. The van der Waals surface area contributed by atoms with Crippen LogP contribution in [0.15, 0.2) is 49.3 Å². The van der Waals surface area contributed by atoms with Crippen LogP contribution in [0.5, 0.6) is 11.6 Å². The number of nitrogens with two attached hydrogens (primary N) is 1. The molecule has 0 saturated heterocycles. The van der Waals surface area contributed by atoms with E-state index < -0.39 is 23.3 Å². The summed E-state index contributed by atoms with van der Waals surface area (Å²) in [5.74, 6) is -4.16. The van der Waals surface area contributed by atoms with E-state index in [1.54, 1.807) is 4.90 Å². The largest absolute Gasteiger partial charge is 0.433 e. The summed E-state index contributed by atoms with van der Waals surface area (Å²) in [4.78, 5) is 25.6. The van der Waals surface area contributed by atoms with E-state index in [0.29, 0.717) is 12.2 Å². The Labute approximate surface area is 204 Å². The lowest BCUT2D eigenvalue weighted by molar-refractivity contribution is -0.126. The molecule has 1 aromatic carbocycles. The highest BCUT2D eigenvalue weighted by atomic mass is 19.1. The van der Waals surface area contributed by atoms with Gasteiger partial charge in [0.1, 0.15) is 17.8 Å². The molecule has 0 fully saturated rings. The van der Waals surface area contributed by atoms with Crippen molar-refractivity contribution in [1.82, 2.24) is 29.6 Å². The number of hydrogen-bond acceptors (Lipinski definition) is 7. The molecule has 9 nitrogen and oxygen atoms in total. The van der Waals surface area contributed by atoms with Gasteiger partial charge in [0.25, 0.3) is 0 Å². The molecule has 0 bridgehead atoms. The van der Waals surface area contributed by atoms with Crippen LogP contribution in [-0.2, 0) is 4.79 Å². The van der Waals surface area contributed by atoms with Crippen LogP contribution in [-0.4, -0.2) is 48.6 Å². The molecule has 0 aliphatic carbocycles. The summed E-state index contributed by atoms with van der Waals surface area (Å²) in [5.41, 5.74) is 6.48. The molecule has 12 heteroatoms. The highest BCUT2D eigenvalue weighted by Crippen LogP contribution is 2.34. The fraction of sp³-hybridized carbons (Fsp3) is 0.208. The Bertz CT molecular complexity index is 1440. The standard InChI is InChI=1S/C24H22F3N7O2/c1-4-18(35)33(5-2)11-13(3)34-24-19(23(28)29-12-30-24)20(32-34)14-9-10-17(31-22(14)27)36-21-15(25)7-6-8-16(21)26/h4,6-10,12-13H,1,5,11H2,2-3H3,(H2,28,29,30)/t13-/m1/s1. The summed E-state index contributed by atoms with van der Waals surface area (Å²) in [6.07, 6.45) is 2.48. The van der Waals surface area contributed by atoms with Crippen molar-refractivity contribution in [2.75, 3.05) is 18.8 Å². The number of carbonyl (C=O) groups excluding carboxylic acids is 1. The van der Waals surface area contributed by atoms with Gasteiger partial charge in [-0.2, -0.15) is 14.5 Å². The van der Waals surface area contributed by atoms with Gasteiger partial charge in [-0.25, -0.2) is 23.4 Å². The van der Waals surface area contributed by atoms with Crippen molar-refractivity contribution in [2.45, 2.75) is 19.9 Å². The minimum Gasteiger partial charge on any atom is -0.433 e. The minimum absolute atomic E-state index is 0.0525. The van der Waals surface area contributed by atoms with E-state index in [-0.39, 0.29) is 46.8 Å². The van der Waals surface area contributed by atoms with Crippen LogP contribution in [0.3, 0.4) is 0 Å². The first kappa shape index (κ1) is 24.6.